The van der Waals surface area contributed by atoms with Crippen LogP contribution in [-0.2, 0) is 14.3 Å². The monoisotopic (exact) mass is 250 g/mol. The molecule has 1 aromatic heterocycles. The normalized spacial score (nSPS) is 10.3. The first-order chi connectivity index (χ1) is 8.58. The molecule has 18 heavy (non-hydrogen) atoms. The molecule has 0 aromatic carbocycles. The van der Waals surface area contributed by atoms with Gasteiger partial charge in [0.2, 0.25) is 0 Å². The molecule has 0 aliphatic carbocycles. The summed E-state index contributed by atoms with van der Waals surface area (Å²) in [6.45, 7) is 2.01. The largest absolute Gasteiger partial charge is 0.465 e. The third kappa shape index (κ3) is 3.58. The number of ether oxygens (including phenoxy) is 2. The van der Waals surface area contributed by atoms with Gasteiger partial charge in [0.1, 0.15) is 0 Å². The second-order valence-corrected chi connectivity index (χ2v) is 3.28. The molecule has 1 heterocycles. The summed E-state index contributed by atoms with van der Waals surface area (Å²) >= 11 is 0. The maximum absolute atomic E-state index is 11.2. The zero-order chi connectivity index (χ0) is 13.5. The Bertz CT molecular complexity index is 483. The number of hydrogen-bond donors (Lipinski definition) is 1. The fourth-order valence-electron chi connectivity index (χ4n) is 1.20. The minimum absolute atomic E-state index is 0.253. The van der Waals surface area contributed by atoms with Crippen molar-refractivity contribution >= 4 is 23.7 Å². The van der Waals surface area contributed by atoms with Gasteiger partial charge in [0.15, 0.2) is 0 Å². The molecule has 0 radical (unpaired) electrons. The molecule has 6 nitrogen and oxygen atoms in total. The number of methoxy groups -OCH3 is 1. The molecule has 0 amide bonds. The Morgan fingerprint density at radius 2 is 2.22 bits per heavy atom. The molecular formula is C12H14N2O4. The van der Waals surface area contributed by atoms with Crippen molar-refractivity contribution in [3.8, 4) is 0 Å². The van der Waals surface area contributed by atoms with Crippen LogP contribution in [0.5, 0.6) is 0 Å². The second-order valence-electron chi connectivity index (χ2n) is 3.28. The van der Waals surface area contributed by atoms with Gasteiger partial charge in [0.05, 0.1) is 30.7 Å². The lowest BCUT2D eigenvalue weighted by Crippen LogP contribution is -2.04. The molecule has 6 heteroatoms. The lowest BCUT2D eigenvalue weighted by Gasteiger charge is -2.03. The molecule has 1 aromatic rings. The molecule has 0 saturated heterocycles. The Labute approximate surface area is 104 Å². The fourth-order valence-corrected chi connectivity index (χ4v) is 1.20. The predicted molar refractivity (Wildman–Crippen MR) is 65.7 cm³/mol. The van der Waals surface area contributed by atoms with Gasteiger partial charge in [-0.25, -0.2) is 9.59 Å². The number of nitrogen functional groups attached to an aromatic ring is 1. The van der Waals surface area contributed by atoms with Crippen LogP contribution in [0.15, 0.2) is 18.3 Å². The van der Waals surface area contributed by atoms with Crippen molar-refractivity contribution in [2.45, 2.75) is 6.92 Å². The number of aromatic nitrogens is 1. The quantitative estimate of drug-likeness (QED) is 0.633. The highest BCUT2D eigenvalue weighted by atomic mass is 16.5. The number of carbonyl (C=O) groups excluding carboxylic acids is 2. The molecule has 2 N–H and O–H groups in total. The van der Waals surface area contributed by atoms with Crippen LogP contribution in [0.2, 0.25) is 0 Å². The summed E-state index contributed by atoms with van der Waals surface area (Å²) in [6.07, 6.45) is 3.97. The van der Waals surface area contributed by atoms with E-state index in [9.17, 15) is 9.59 Å². The van der Waals surface area contributed by atoms with Gasteiger partial charge in [0, 0.05) is 12.3 Å². The number of carbonyl (C=O) groups is 2. The van der Waals surface area contributed by atoms with E-state index in [2.05, 4.69) is 9.72 Å². The summed E-state index contributed by atoms with van der Waals surface area (Å²) in [6, 6.07) is 1.43. The summed E-state index contributed by atoms with van der Waals surface area (Å²) in [4.78, 5) is 26.3. The molecule has 0 bridgehead atoms. The summed E-state index contributed by atoms with van der Waals surface area (Å²) in [5.41, 5.74) is 6.61. The van der Waals surface area contributed by atoms with Crippen molar-refractivity contribution < 1.29 is 19.1 Å². The van der Waals surface area contributed by atoms with Gasteiger partial charge in [-0.05, 0) is 19.1 Å². The summed E-state index contributed by atoms with van der Waals surface area (Å²) in [5.74, 6) is -0.995. The van der Waals surface area contributed by atoms with Crippen molar-refractivity contribution in [2.24, 2.45) is 0 Å². The van der Waals surface area contributed by atoms with E-state index in [-0.39, 0.29) is 11.3 Å². The van der Waals surface area contributed by atoms with Gasteiger partial charge in [-0.1, -0.05) is 0 Å². The zero-order valence-electron chi connectivity index (χ0n) is 10.2. The first-order valence-electron chi connectivity index (χ1n) is 5.27. The Morgan fingerprint density at radius 3 is 2.78 bits per heavy atom. The minimum atomic E-state index is -0.518. The van der Waals surface area contributed by atoms with Gasteiger partial charge < -0.3 is 15.2 Å². The second kappa shape index (κ2) is 6.39. The molecule has 0 spiro atoms. The topological polar surface area (TPSA) is 91.5 Å². The summed E-state index contributed by atoms with van der Waals surface area (Å²) < 4.78 is 9.25. The van der Waals surface area contributed by atoms with E-state index in [4.69, 9.17) is 10.5 Å². The molecule has 96 valence electrons. The number of anilines is 1. The number of nitrogens with zero attached hydrogens (tertiary/aromatic N) is 1. The van der Waals surface area contributed by atoms with Gasteiger partial charge >= 0.3 is 11.9 Å². The van der Waals surface area contributed by atoms with Gasteiger partial charge in [-0.15, -0.1) is 0 Å². The lowest BCUT2D eigenvalue weighted by atomic mass is 10.2. The Kier molecular flexibility index (Phi) is 4.86. The van der Waals surface area contributed by atoms with Gasteiger partial charge in [-0.3, -0.25) is 4.98 Å². The first-order valence-corrected chi connectivity index (χ1v) is 5.27. The SMILES string of the molecule is CCOC(=O)/C=C/c1ncc(C(=O)OC)cc1N. The molecule has 0 fully saturated rings. The Balaban J connectivity index is 2.86. The van der Waals surface area contributed by atoms with Crippen LogP contribution >= 0.6 is 0 Å². The van der Waals surface area contributed by atoms with Crippen molar-refractivity contribution in [1.29, 1.82) is 0 Å². The van der Waals surface area contributed by atoms with Crippen LogP contribution in [0.1, 0.15) is 23.0 Å². The van der Waals surface area contributed by atoms with Crippen LogP contribution < -0.4 is 5.73 Å². The highest BCUT2D eigenvalue weighted by molar-refractivity contribution is 5.91. The zero-order valence-corrected chi connectivity index (χ0v) is 10.2. The van der Waals surface area contributed by atoms with Crippen molar-refractivity contribution in [3.63, 3.8) is 0 Å². The molecule has 0 aliphatic rings. The highest BCUT2D eigenvalue weighted by Crippen LogP contribution is 2.13. The van der Waals surface area contributed by atoms with Crippen LogP contribution in [0.3, 0.4) is 0 Å². The average Bonchev–Trinajstić information content (AvgIpc) is 2.36. The molecule has 0 aliphatic heterocycles. The molecule has 0 unspecified atom stereocenters. The number of pyridine rings is 1. The third-order valence-electron chi connectivity index (χ3n) is 2.03. The standard InChI is InChI=1S/C12H14N2O4/c1-3-18-11(15)5-4-10-9(13)6-8(7-14-10)12(16)17-2/h4-7H,3,13H2,1-2H3/b5-4+. The number of rotatable bonds is 4. The lowest BCUT2D eigenvalue weighted by molar-refractivity contribution is -0.137. The average molecular weight is 250 g/mol. The molecule has 1 rings (SSSR count). The van der Waals surface area contributed by atoms with E-state index in [0.717, 1.165) is 0 Å². The van der Waals surface area contributed by atoms with Crippen LogP contribution in [0.4, 0.5) is 5.69 Å². The smallest absolute Gasteiger partial charge is 0.339 e. The molecular weight excluding hydrogens is 236 g/mol. The summed E-state index contributed by atoms with van der Waals surface area (Å²) in [5, 5.41) is 0. The Hall–Kier alpha value is -2.37. The number of hydrogen-bond acceptors (Lipinski definition) is 6. The highest BCUT2D eigenvalue weighted by Gasteiger charge is 2.08. The van der Waals surface area contributed by atoms with Gasteiger partial charge in [0.25, 0.3) is 0 Å². The van der Waals surface area contributed by atoms with Crippen molar-refractivity contribution in [2.75, 3.05) is 19.5 Å². The van der Waals surface area contributed by atoms with E-state index < -0.39 is 11.9 Å². The number of esters is 2. The van der Waals surface area contributed by atoms with Crippen LogP contribution in [0.25, 0.3) is 6.08 Å². The maximum Gasteiger partial charge on any atom is 0.339 e. The minimum Gasteiger partial charge on any atom is -0.465 e. The fraction of sp³-hybridized carbons (Fsp3) is 0.250. The summed E-state index contributed by atoms with van der Waals surface area (Å²) in [7, 11) is 1.27. The van der Waals surface area contributed by atoms with E-state index >= 15 is 0 Å². The van der Waals surface area contributed by atoms with E-state index in [1.165, 1.54) is 31.5 Å². The van der Waals surface area contributed by atoms with E-state index in [1.54, 1.807) is 6.92 Å². The predicted octanol–water partition coefficient (Wildman–Crippen LogP) is 1.03. The van der Waals surface area contributed by atoms with Crippen molar-refractivity contribution in [1.82, 2.24) is 4.98 Å². The molecule has 0 atom stereocenters. The van der Waals surface area contributed by atoms with Crippen LogP contribution in [-0.4, -0.2) is 30.6 Å². The van der Waals surface area contributed by atoms with Gasteiger partial charge in [-0.2, -0.15) is 0 Å². The maximum atomic E-state index is 11.2. The third-order valence-corrected chi connectivity index (χ3v) is 2.03. The van der Waals surface area contributed by atoms with Crippen LogP contribution in [0, 0.1) is 0 Å². The van der Waals surface area contributed by atoms with E-state index in [0.29, 0.717) is 12.3 Å². The van der Waals surface area contributed by atoms with E-state index in [1.807, 2.05) is 0 Å². The number of nitrogens with two attached hydrogens (primary N) is 1. The molecule has 0 saturated carbocycles. The first kappa shape index (κ1) is 13.7. The Morgan fingerprint density at radius 1 is 1.50 bits per heavy atom. The van der Waals surface area contributed by atoms with Crippen molar-refractivity contribution in [3.05, 3.63) is 29.6 Å².